The molecule has 0 unspecified atom stereocenters. The van der Waals surface area contributed by atoms with Crippen molar-refractivity contribution in [3.8, 4) is 0 Å². The van der Waals surface area contributed by atoms with E-state index in [1.54, 1.807) is 0 Å². The van der Waals surface area contributed by atoms with Gasteiger partial charge in [-0.25, -0.2) is 4.98 Å². The minimum absolute atomic E-state index is 0. The zero-order chi connectivity index (χ0) is 11.8. The number of hydrogen-bond acceptors (Lipinski definition) is 4. The molecule has 2 N–H and O–H groups in total. The highest BCUT2D eigenvalue weighted by atomic mass is 35.5. The maximum Gasteiger partial charge on any atom is 0.107 e. The van der Waals surface area contributed by atoms with Crippen LogP contribution in [0, 0.1) is 0 Å². The standard InChI is InChI=1S/C12H21N3S.ClH/c1-12(2,3)10-6-14-11(16-10)8-15-5-4-9(13)7-15;/h6,9H,4-5,7-8,13H2,1-3H3;1H/t9-;/m1./s1. The topological polar surface area (TPSA) is 42.2 Å². The van der Waals surface area contributed by atoms with E-state index >= 15 is 0 Å². The zero-order valence-corrected chi connectivity index (χ0v) is 12.4. The van der Waals surface area contributed by atoms with Gasteiger partial charge in [0, 0.05) is 30.2 Å². The summed E-state index contributed by atoms with van der Waals surface area (Å²) in [5.41, 5.74) is 6.11. The van der Waals surface area contributed by atoms with Crippen molar-refractivity contribution in [1.29, 1.82) is 0 Å². The van der Waals surface area contributed by atoms with Crippen molar-refractivity contribution in [2.24, 2.45) is 5.73 Å². The summed E-state index contributed by atoms with van der Waals surface area (Å²) < 4.78 is 0. The summed E-state index contributed by atoms with van der Waals surface area (Å²) in [7, 11) is 0. The molecule has 0 saturated carbocycles. The molecule has 1 aliphatic heterocycles. The largest absolute Gasteiger partial charge is 0.326 e. The van der Waals surface area contributed by atoms with Gasteiger partial charge in [0.25, 0.3) is 0 Å². The summed E-state index contributed by atoms with van der Waals surface area (Å²) >= 11 is 1.83. The van der Waals surface area contributed by atoms with Crippen LogP contribution in [0.25, 0.3) is 0 Å². The summed E-state index contributed by atoms with van der Waals surface area (Å²) in [4.78, 5) is 8.27. The summed E-state index contributed by atoms with van der Waals surface area (Å²) in [6.45, 7) is 9.80. The Balaban J connectivity index is 0.00000144. The Kier molecular flexibility index (Phi) is 4.95. The SMILES string of the molecule is CC(C)(C)c1cnc(CN2CC[C@@H](N)C2)s1.Cl. The number of nitrogens with zero attached hydrogens (tertiary/aromatic N) is 2. The van der Waals surface area contributed by atoms with Crippen molar-refractivity contribution in [1.82, 2.24) is 9.88 Å². The minimum Gasteiger partial charge on any atom is -0.326 e. The Bertz CT molecular complexity index is 359. The first-order valence-corrected chi connectivity index (χ1v) is 6.70. The van der Waals surface area contributed by atoms with Crippen LogP contribution in [0.4, 0.5) is 0 Å². The van der Waals surface area contributed by atoms with Crippen LogP contribution >= 0.6 is 23.7 Å². The molecule has 2 heterocycles. The van der Waals surface area contributed by atoms with E-state index < -0.39 is 0 Å². The van der Waals surface area contributed by atoms with Crippen LogP contribution < -0.4 is 5.73 Å². The first kappa shape index (κ1) is 14.9. The highest BCUT2D eigenvalue weighted by Gasteiger charge is 2.21. The van der Waals surface area contributed by atoms with Crippen LogP contribution in [0.1, 0.15) is 37.1 Å². The number of aromatic nitrogens is 1. The van der Waals surface area contributed by atoms with Crippen LogP contribution in [-0.2, 0) is 12.0 Å². The third-order valence-electron chi connectivity index (χ3n) is 2.96. The molecule has 5 heteroatoms. The second-order valence-corrected chi connectivity index (χ2v) is 6.77. The van der Waals surface area contributed by atoms with Crippen molar-refractivity contribution in [2.75, 3.05) is 13.1 Å². The molecular weight excluding hydrogens is 254 g/mol. The van der Waals surface area contributed by atoms with Crippen LogP contribution in [0.5, 0.6) is 0 Å². The van der Waals surface area contributed by atoms with E-state index in [-0.39, 0.29) is 17.8 Å². The van der Waals surface area contributed by atoms with Crippen molar-refractivity contribution in [3.63, 3.8) is 0 Å². The molecule has 1 atom stereocenters. The first-order chi connectivity index (χ1) is 7.45. The molecule has 0 bridgehead atoms. The van der Waals surface area contributed by atoms with E-state index in [1.165, 1.54) is 9.88 Å². The van der Waals surface area contributed by atoms with Gasteiger partial charge in [-0.3, -0.25) is 4.90 Å². The lowest BCUT2D eigenvalue weighted by Gasteiger charge is -2.15. The second kappa shape index (κ2) is 5.65. The van der Waals surface area contributed by atoms with Gasteiger partial charge in [0.05, 0.1) is 6.54 Å². The smallest absolute Gasteiger partial charge is 0.107 e. The van der Waals surface area contributed by atoms with Crippen LogP contribution in [0.15, 0.2) is 6.20 Å². The number of likely N-dealkylation sites (tertiary alicyclic amines) is 1. The Morgan fingerprint density at radius 2 is 2.24 bits per heavy atom. The highest BCUT2D eigenvalue weighted by Crippen LogP contribution is 2.28. The van der Waals surface area contributed by atoms with Gasteiger partial charge in [-0.05, 0) is 11.8 Å². The van der Waals surface area contributed by atoms with E-state index in [0.717, 1.165) is 26.1 Å². The number of hydrogen-bond donors (Lipinski definition) is 1. The first-order valence-electron chi connectivity index (χ1n) is 5.88. The van der Waals surface area contributed by atoms with Gasteiger partial charge < -0.3 is 5.73 Å². The highest BCUT2D eigenvalue weighted by molar-refractivity contribution is 7.11. The third-order valence-corrected chi connectivity index (χ3v) is 4.37. The molecule has 98 valence electrons. The monoisotopic (exact) mass is 275 g/mol. The zero-order valence-electron chi connectivity index (χ0n) is 10.8. The summed E-state index contributed by atoms with van der Waals surface area (Å²) in [5.74, 6) is 0. The molecule has 0 spiro atoms. The van der Waals surface area contributed by atoms with Crippen LogP contribution in [0.3, 0.4) is 0 Å². The Morgan fingerprint density at radius 3 is 2.71 bits per heavy atom. The van der Waals surface area contributed by atoms with E-state index in [9.17, 15) is 0 Å². The third kappa shape index (κ3) is 3.91. The van der Waals surface area contributed by atoms with Gasteiger partial charge in [0.1, 0.15) is 5.01 Å². The second-order valence-electron chi connectivity index (χ2n) is 5.65. The molecule has 0 aromatic carbocycles. The fraction of sp³-hybridized carbons (Fsp3) is 0.750. The molecule has 3 nitrogen and oxygen atoms in total. The lowest BCUT2D eigenvalue weighted by molar-refractivity contribution is 0.326. The molecule has 2 rings (SSSR count). The van der Waals surface area contributed by atoms with Gasteiger partial charge in [0.15, 0.2) is 0 Å². The van der Waals surface area contributed by atoms with Gasteiger partial charge in [-0.1, -0.05) is 20.8 Å². The predicted molar refractivity (Wildman–Crippen MR) is 75.9 cm³/mol. The number of nitrogens with two attached hydrogens (primary N) is 1. The molecule has 1 fully saturated rings. The van der Waals surface area contributed by atoms with E-state index in [1.807, 2.05) is 17.5 Å². The number of rotatable bonds is 2. The van der Waals surface area contributed by atoms with Crippen molar-refractivity contribution < 1.29 is 0 Å². The van der Waals surface area contributed by atoms with E-state index in [0.29, 0.717) is 6.04 Å². The van der Waals surface area contributed by atoms with Crippen LogP contribution in [-0.4, -0.2) is 29.0 Å². The molecular formula is C12H22ClN3S. The fourth-order valence-corrected chi connectivity index (χ4v) is 2.95. The van der Waals surface area contributed by atoms with Gasteiger partial charge >= 0.3 is 0 Å². The quantitative estimate of drug-likeness (QED) is 0.901. The lowest BCUT2D eigenvalue weighted by Crippen LogP contribution is -2.26. The Labute approximate surface area is 114 Å². The minimum atomic E-state index is 0. The average molecular weight is 276 g/mol. The van der Waals surface area contributed by atoms with Crippen molar-refractivity contribution in [3.05, 3.63) is 16.1 Å². The molecule has 1 aromatic heterocycles. The van der Waals surface area contributed by atoms with Crippen molar-refractivity contribution >= 4 is 23.7 Å². The maximum absolute atomic E-state index is 5.89. The normalized spacial score (nSPS) is 21.5. The Morgan fingerprint density at radius 1 is 1.53 bits per heavy atom. The Hall–Kier alpha value is -0.160. The molecule has 0 radical (unpaired) electrons. The summed E-state index contributed by atoms with van der Waals surface area (Å²) in [5, 5.41) is 1.22. The molecule has 1 aliphatic rings. The van der Waals surface area contributed by atoms with Gasteiger partial charge in [-0.15, -0.1) is 23.7 Å². The number of halogens is 1. The van der Waals surface area contributed by atoms with Crippen molar-refractivity contribution in [2.45, 2.75) is 45.2 Å². The van der Waals surface area contributed by atoms with Crippen LogP contribution in [0.2, 0.25) is 0 Å². The molecule has 1 saturated heterocycles. The molecule has 0 amide bonds. The molecule has 1 aromatic rings. The molecule has 17 heavy (non-hydrogen) atoms. The van der Waals surface area contributed by atoms with E-state index in [2.05, 4.69) is 30.7 Å². The average Bonchev–Trinajstić information content (AvgIpc) is 2.74. The number of thiazole rings is 1. The lowest BCUT2D eigenvalue weighted by atomic mass is 9.96. The predicted octanol–water partition coefficient (Wildman–Crippen LogP) is 2.40. The van der Waals surface area contributed by atoms with E-state index in [4.69, 9.17) is 5.73 Å². The summed E-state index contributed by atoms with van der Waals surface area (Å²) in [6.07, 6.45) is 3.15. The fourth-order valence-electron chi connectivity index (χ4n) is 1.93. The molecule has 0 aliphatic carbocycles. The maximum atomic E-state index is 5.89. The van der Waals surface area contributed by atoms with Gasteiger partial charge in [0.2, 0.25) is 0 Å². The van der Waals surface area contributed by atoms with Gasteiger partial charge in [-0.2, -0.15) is 0 Å². The summed E-state index contributed by atoms with van der Waals surface area (Å²) in [6, 6.07) is 0.363.